The SMILES string of the molecule is COc1ccc(C(=O)NC2CNC[C@@H]2OC)cc1OC. The molecule has 1 aliphatic heterocycles. The van der Waals surface area contributed by atoms with Crippen LogP contribution in [0, 0.1) is 0 Å². The largest absolute Gasteiger partial charge is 0.493 e. The average Bonchev–Trinajstić information content (AvgIpc) is 2.93. The molecule has 2 N–H and O–H groups in total. The second kappa shape index (κ2) is 6.58. The zero-order valence-electron chi connectivity index (χ0n) is 11.9. The molecule has 2 atom stereocenters. The second-order valence-electron chi connectivity index (χ2n) is 4.58. The van der Waals surface area contributed by atoms with E-state index in [4.69, 9.17) is 14.2 Å². The van der Waals surface area contributed by atoms with E-state index in [2.05, 4.69) is 10.6 Å². The molecule has 1 saturated heterocycles. The van der Waals surface area contributed by atoms with Gasteiger partial charge in [0.25, 0.3) is 5.91 Å². The Labute approximate surface area is 118 Å². The Hall–Kier alpha value is -1.79. The number of ether oxygens (including phenoxy) is 3. The van der Waals surface area contributed by atoms with Crippen LogP contribution in [0.1, 0.15) is 10.4 Å². The van der Waals surface area contributed by atoms with E-state index in [1.165, 1.54) is 0 Å². The van der Waals surface area contributed by atoms with Gasteiger partial charge in [0, 0.05) is 25.8 Å². The predicted molar refractivity (Wildman–Crippen MR) is 74.5 cm³/mol. The maximum atomic E-state index is 12.2. The van der Waals surface area contributed by atoms with Gasteiger partial charge in [-0.3, -0.25) is 4.79 Å². The van der Waals surface area contributed by atoms with Gasteiger partial charge < -0.3 is 24.8 Å². The topological polar surface area (TPSA) is 68.8 Å². The maximum Gasteiger partial charge on any atom is 0.251 e. The minimum absolute atomic E-state index is 0.000839. The van der Waals surface area contributed by atoms with Gasteiger partial charge in [-0.25, -0.2) is 0 Å². The standard InChI is InChI=1S/C14H20N2O4/c1-18-11-5-4-9(6-12(11)19-2)14(17)16-10-7-15-8-13(10)20-3/h4-6,10,13,15H,7-8H2,1-3H3,(H,16,17)/t10?,13-/m0/s1. The van der Waals surface area contributed by atoms with E-state index in [-0.39, 0.29) is 18.1 Å². The van der Waals surface area contributed by atoms with Crippen LogP contribution in [-0.4, -0.2) is 52.5 Å². The molecule has 1 aromatic carbocycles. The van der Waals surface area contributed by atoms with Gasteiger partial charge >= 0.3 is 0 Å². The molecule has 0 aromatic heterocycles. The first-order chi connectivity index (χ1) is 9.69. The fourth-order valence-electron chi connectivity index (χ4n) is 2.28. The summed E-state index contributed by atoms with van der Waals surface area (Å²) in [5.74, 6) is 0.982. The molecule has 20 heavy (non-hydrogen) atoms. The van der Waals surface area contributed by atoms with Gasteiger partial charge in [0.2, 0.25) is 0 Å². The predicted octanol–water partition coefficient (Wildman–Crippen LogP) is 0.420. The molecule has 0 bridgehead atoms. The summed E-state index contributed by atoms with van der Waals surface area (Å²) >= 11 is 0. The van der Waals surface area contributed by atoms with Gasteiger partial charge in [-0.15, -0.1) is 0 Å². The van der Waals surface area contributed by atoms with Crippen molar-refractivity contribution in [1.29, 1.82) is 0 Å². The van der Waals surface area contributed by atoms with E-state index in [0.29, 0.717) is 23.6 Å². The highest BCUT2D eigenvalue weighted by Gasteiger charge is 2.28. The molecular weight excluding hydrogens is 260 g/mol. The van der Waals surface area contributed by atoms with Crippen molar-refractivity contribution in [2.75, 3.05) is 34.4 Å². The van der Waals surface area contributed by atoms with Gasteiger partial charge in [0.15, 0.2) is 11.5 Å². The van der Waals surface area contributed by atoms with Gasteiger partial charge in [-0.05, 0) is 18.2 Å². The molecule has 6 heteroatoms. The summed E-state index contributed by atoms with van der Waals surface area (Å²) in [6.45, 7) is 1.45. The lowest BCUT2D eigenvalue weighted by Crippen LogP contribution is -2.43. The first-order valence-corrected chi connectivity index (χ1v) is 6.46. The normalized spacial score (nSPS) is 21.6. The number of hydrogen-bond acceptors (Lipinski definition) is 5. The van der Waals surface area contributed by atoms with E-state index in [1.807, 2.05) is 0 Å². The molecule has 0 aliphatic carbocycles. The van der Waals surface area contributed by atoms with E-state index in [1.54, 1.807) is 39.5 Å². The number of carbonyl (C=O) groups is 1. The summed E-state index contributed by atoms with van der Waals surface area (Å²) in [7, 11) is 4.75. The first-order valence-electron chi connectivity index (χ1n) is 6.46. The molecule has 1 amide bonds. The van der Waals surface area contributed by atoms with Crippen LogP contribution in [0.2, 0.25) is 0 Å². The molecule has 110 valence electrons. The summed E-state index contributed by atoms with van der Waals surface area (Å²) in [6, 6.07) is 5.06. The number of nitrogens with one attached hydrogen (secondary N) is 2. The van der Waals surface area contributed by atoms with E-state index < -0.39 is 0 Å². The Morgan fingerprint density at radius 3 is 2.60 bits per heavy atom. The third kappa shape index (κ3) is 3.02. The van der Waals surface area contributed by atoms with Crippen LogP contribution in [0.4, 0.5) is 0 Å². The van der Waals surface area contributed by atoms with Crippen LogP contribution in [0.3, 0.4) is 0 Å². The van der Waals surface area contributed by atoms with Gasteiger partial charge in [-0.2, -0.15) is 0 Å². The number of carbonyl (C=O) groups excluding carboxylic acids is 1. The molecule has 6 nitrogen and oxygen atoms in total. The summed E-state index contributed by atoms with van der Waals surface area (Å²) < 4.78 is 15.7. The van der Waals surface area contributed by atoms with Crippen LogP contribution in [0.15, 0.2) is 18.2 Å². The third-order valence-electron chi connectivity index (χ3n) is 3.42. The van der Waals surface area contributed by atoms with Crippen LogP contribution in [-0.2, 0) is 4.74 Å². The number of amides is 1. The van der Waals surface area contributed by atoms with Gasteiger partial charge in [0.05, 0.1) is 26.4 Å². The van der Waals surface area contributed by atoms with Crippen molar-refractivity contribution >= 4 is 5.91 Å². The van der Waals surface area contributed by atoms with Crippen molar-refractivity contribution < 1.29 is 19.0 Å². The molecule has 2 rings (SSSR count). The lowest BCUT2D eigenvalue weighted by Gasteiger charge is -2.19. The summed E-state index contributed by atoms with van der Waals surface area (Å²) in [4.78, 5) is 12.2. The molecule has 0 saturated carbocycles. The van der Waals surface area contributed by atoms with Crippen molar-refractivity contribution in [3.63, 3.8) is 0 Å². The first kappa shape index (κ1) is 14.6. The molecular formula is C14H20N2O4. The van der Waals surface area contributed by atoms with Gasteiger partial charge in [0.1, 0.15) is 0 Å². The number of methoxy groups -OCH3 is 3. The fourth-order valence-corrected chi connectivity index (χ4v) is 2.28. The highest BCUT2D eigenvalue weighted by molar-refractivity contribution is 5.95. The Morgan fingerprint density at radius 2 is 1.95 bits per heavy atom. The molecule has 0 radical (unpaired) electrons. The highest BCUT2D eigenvalue weighted by atomic mass is 16.5. The molecule has 1 aliphatic rings. The van der Waals surface area contributed by atoms with E-state index >= 15 is 0 Å². The van der Waals surface area contributed by atoms with Crippen molar-refractivity contribution in [1.82, 2.24) is 10.6 Å². The Balaban J connectivity index is 2.09. The van der Waals surface area contributed by atoms with Crippen molar-refractivity contribution in [2.45, 2.75) is 12.1 Å². The second-order valence-corrected chi connectivity index (χ2v) is 4.58. The minimum atomic E-state index is -0.151. The molecule has 1 fully saturated rings. The maximum absolute atomic E-state index is 12.2. The number of hydrogen-bond donors (Lipinski definition) is 2. The quantitative estimate of drug-likeness (QED) is 0.818. The molecule has 1 heterocycles. The lowest BCUT2D eigenvalue weighted by atomic mass is 10.1. The van der Waals surface area contributed by atoms with Gasteiger partial charge in [-0.1, -0.05) is 0 Å². The van der Waals surface area contributed by atoms with Crippen LogP contribution >= 0.6 is 0 Å². The number of rotatable bonds is 5. The van der Waals surface area contributed by atoms with E-state index in [9.17, 15) is 4.79 Å². The fraction of sp³-hybridized carbons (Fsp3) is 0.500. The smallest absolute Gasteiger partial charge is 0.251 e. The summed E-state index contributed by atoms with van der Waals surface area (Å²) in [5.41, 5.74) is 0.532. The van der Waals surface area contributed by atoms with Crippen LogP contribution < -0.4 is 20.1 Å². The summed E-state index contributed by atoms with van der Waals surface area (Å²) in [5, 5.41) is 6.15. The van der Waals surface area contributed by atoms with Crippen molar-refractivity contribution in [2.24, 2.45) is 0 Å². The number of benzene rings is 1. The summed E-state index contributed by atoms with van der Waals surface area (Å²) in [6.07, 6.45) is -0.000839. The Bertz CT molecular complexity index is 478. The van der Waals surface area contributed by atoms with Crippen LogP contribution in [0.25, 0.3) is 0 Å². The lowest BCUT2D eigenvalue weighted by molar-refractivity contribution is 0.0779. The average molecular weight is 280 g/mol. The zero-order valence-corrected chi connectivity index (χ0v) is 11.9. The Kier molecular flexibility index (Phi) is 4.81. The van der Waals surface area contributed by atoms with Crippen LogP contribution in [0.5, 0.6) is 11.5 Å². The third-order valence-corrected chi connectivity index (χ3v) is 3.42. The molecule has 0 spiro atoms. The van der Waals surface area contributed by atoms with Crippen molar-refractivity contribution in [3.05, 3.63) is 23.8 Å². The molecule has 1 aromatic rings. The monoisotopic (exact) mass is 280 g/mol. The van der Waals surface area contributed by atoms with E-state index in [0.717, 1.165) is 6.54 Å². The van der Waals surface area contributed by atoms with Crippen molar-refractivity contribution in [3.8, 4) is 11.5 Å². The minimum Gasteiger partial charge on any atom is -0.493 e. The zero-order chi connectivity index (χ0) is 14.5. The highest BCUT2D eigenvalue weighted by Crippen LogP contribution is 2.27. The molecule has 1 unspecified atom stereocenters. The Morgan fingerprint density at radius 1 is 1.20 bits per heavy atom.